The SMILES string of the molecule is CCC(C)CC(C)n1c(=S)[nH]c2ccc(F)cc21. The number of rotatable bonds is 4. The van der Waals surface area contributed by atoms with Gasteiger partial charge in [-0.05, 0) is 49.7 Å². The average molecular weight is 266 g/mol. The normalized spacial score (nSPS) is 14.9. The Morgan fingerprint density at radius 1 is 1.39 bits per heavy atom. The van der Waals surface area contributed by atoms with Gasteiger partial charge in [0.25, 0.3) is 0 Å². The topological polar surface area (TPSA) is 20.7 Å². The monoisotopic (exact) mass is 266 g/mol. The maximum atomic E-state index is 13.4. The van der Waals surface area contributed by atoms with E-state index in [1.54, 1.807) is 12.1 Å². The average Bonchev–Trinajstić information content (AvgIpc) is 2.64. The number of hydrogen-bond donors (Lipinski definition) is 1. The Labute approximate surface area is 112 Å². The van der Waals surface area contributed by atoms with Crippen molar-refractivity contribution in [2.75, 3.05) is 0 Å². The molecule has 0 amide bonds. The molecule has 18 heavy (non-hydrogen) atoms. The lowest BCUT2D eigenvalue weighted by Crippen LogP contribution is -2.09. The molecule has 2 atom stereocenters. The summed E-state index contributed by atoms with van der Waals surface area (Å²) in [6.45, 7) is 6.56. The van der Waals surface area contributed by atoms with E-state index in [1.807, 2.05) is 4.57 Å². The van der Waals surface area contributed by atoms with Crippen molar-refractivity contribution in [3.05, 3.63) is 28.8 Å². The molecule has 1 aromatic carbocycles. The number of benzene rings is 1. The molecule has 0 aliphatic rings. The van der Waals surface area contributed by atoms with Crippen molar-refractivity contribution in [2.45, 2.75) is 39.7 Å². The van der Waals surface area contributed by atoms with Gasteiger partial charge in [-0.1, -0.05) is 20.3 Å². The summed E-state index contributed by atoms with van der Waals surface area (Å²) in [7, 11) is 0. The fraction of sp³-hybridized carbons (Fsp3) is 0.500. The smallest absolute Gasteiger partial charge is 0.178 e. The lowest BCUT2D eigenvalue weighted by atomic mass is 10.0. The highest BCUT2D eigenvalue weighted by atomic mass is 32.1. The Bertz CT molecular complexity index is 599. The van der Waals surface area contributed by atoms with Gasteiger partial charge >= 0.3 is 0 Å². The first-order valence-corrected chi connectivity index (χ1v) is 6.83. The minimum absolute atomic E-state index is 0.221. The van der Waals surface area contributed by atoms with Crippen LogP contribution < -0.4 is 0 Å². The van der Waals surface area contributed by atoms with Crippen molar-refractivity contribution in [3.63, 3.8) is 0 Å². The van der Waals surface area contributed by atoms with Crippen LogP contribution in [0.15, 0.2) is 18.2 Å². The highest BCUT2D eigenvalue weighted by Gasteiger charge is 2.14. The van der Waals surface area contributed by atoms with Crippen LogP contribution in [0.5, 0.6) is 0 Å². The molecular weight excluding hydrogens is 247 g/mol. The predicted molar refractivity (Wildman–Crippen MR) is 75.9 cm³/mol. The lowest BCUT2D eigenvalue weighted by Gasteiger charge is -2.18. The van der Waals surface area contributed by atoms with Gasteiger partial charge in [-0.3, -0.25) is 0 Å². The highest BCUT2D eigenvalue weighted by molar-refractivity contribution is 7.71. The molecule has 0 saturated heterocycles. The molecule has 0 bridgehead atoms. The summed E-state index contributed by atoms with van der Waals surface area (Å²) in [5.41, 5.74) is 1.76. The lowest BCUT2D eigenvalue weighted by molar-refractivity contribution is 0.402. The standard InChI is InChI=1S/C14H19FN2S/c1-4-9(2)7-10(3)17-13-8-11(15)5-6-12(13)16-14(17)18/h5-6,8-10H,4,7H2,1-3H3,(H,16,18). The molecule has 2 aromatic rings. The molecule has 2 rings (SSSR count). The molecule has 0 aliphatic heterocycles. The minimum Gasteiger partial charge on any atom is -0.331 e. The summed E-state index contributed by atoms with van der Waals surface area (Å²) in [6, 6.07) is 5.03. The number of aromatic amines is 1. The summed E-state index contributed by atoms with van der Waals surface area (Å²) in [5, 5.41) is 0. The summed E-state index contributed by atoms with van der Waals surface area (Å²) >= 11 is 5.35. The largest absolute Gasteiger partial charge is 0.331 e. The summed E-state index contributed by atoms with van der Waals surface area (Å²) < 4.78 is 16.1. The molecule has 1 aromatic heterocycles. The van der Waals surface area contributed by atoms with Crippen LogP contribution in [-0.4, -0.2) is 9.55 Å². The maximum Gasteiger partial charge on any atom is 0.178 e. The molecule has 2 unspecified atom stereocenters. The van der Waals surface area contributed by atoms with Crippen LogP contribution in [0.4, 0.5) is 4.39 Å². The molecule has 0 spiro atoms. The third kappa shape index (κ3) is 2.48. The van der Waals surface area contributed by atoms with Gasteiger partial charge in [0.05, 0.1) is 11.0 Å². The van der Waals surface area contributed by atoms with E-state index in [1.165, 1.54) is 6.07 Å². The predicted octanol–water partition coefficient (Wildman–Crippen LogP) is 4.84. The van der Waals surface area contributed by atoms with Crippen LogP contribution in [0, 0.1) is 16.5 Å². The van der Waals surface area contributed by atoms with Crippen molar-refractivity contribution < 1.29 is 4.39 Å². The Morgan fingerprint density at radius 2 is 2.11 bits per heavy atom. The van der Waals surface area contributed by atoms with Gasteiger partial charge in [0.2, 0.25) is 0 Å². The Morgan fingerprint density at radius 3 is 2.78 bits per heavy atom. The summed E-state index contributed by atoms with van der Waals surface area (Å²) in [6.07, 6.45) is 2.20. The fourth-order valence-corrected chi connectivity index (χ4v) is 2.77. The van der Waals surface area contributed by atoms with Crippen LogP contribution in [0.25, 0.3) is 11.0 Å². The zero-order valence-corrected chi connectivity index (χ0v) is 11.9. The first kappa shape index (κ1) is 13.3. The van der Waals surface area contributed by atoms with Gasteiger partial charge in [-0.25, -0.2) is 4.39 Å². The second-order valence-electron chi connectivity index (χ2n) is 5.06. The second-order valence-corrected chi connectivity index (χ2v) is 5.45. The van der Waals surface area contributed by atoms with E-state index in [0.717, 1.165) is 23.9 Å². The number of aromatic nitrogens is 2. The van der Waals surface area contributed by atoms with Gasteiger partial charge in [-0.2, -0.15) is 0 Å². The minimum atomic E-state index is -0.221. The second kappa shape index (κ2) is 5.22. The van der Waals surface area contributed by atoms with Crippen molar-refractivity contribution in [1.82, 2.24) is 9.55 Å². The first-order valence-electron chi connectivity index (χ1n) is 6.42. The van der Waals surface area contributed by atoms with Crippen LogP contribution in [-0.2, 0) is 0 Å². The highest BCUT2D eigenvalue weighted by Crippen LogP contribution is 2.25. The number of hydrogen-bond acceptors (Lipinski definition) is 1. The fourth-order valence-electron chi connectivity index (χ4n) is 2.39. The third-order valence-corrected chi connectivity index (χ3v) is 3.86. The number of imidazole rings is 1. The van der Waals surface area contributed by atoms with E-state index in [4.69, 9.17) is 12.2 Å². The molecule has 0 aliphatic carbocycles. The molecule has 0 radical (unpaired) electrons. The molecular formula is C14H19FN2S. The van der Waals surface area contributed by atoms with Crippen molar-refractivity contribution in [3.8, 4) is 0 Å². The van der Waals surface area contributed by atoms with Gasteiger partial charge in [0, 0.05) is 6.04 Å². The van der Waals surface area contributed by atoms with Gasteiger partial charge in [0.15, 0.2) is 4.77 Å². The summed E-state index contributed by atoms with van der Waals surface area (Å²) in [4.78, 5) is 3.14. The van der Waals surface area contributed by atoms with Gasteiger partial charge < -0.3 is 9.55 Å². The number of fused-ring (bicyclic) bond motifs is 1. The number of nitrogens with zero attached hydrogens (tertiary/aromatic N) is 1. The molecule has 4 heteroatoms. The van der Waals surface area contributed by atoms with Crippen LogP contribution in [0.3, 0.4) is 0 Å². The number of nitrogens with one attached hydrogen (secondary N) is 1. The third-order valence-electron chi connectivity index (χ3n) is 3.56. The summed E-state index contributed by atoms with van der Waals surface area (Å²) in [5.74, 6) is 0.418. The van der Waals surface area contributed by atoms with E-state index in [9.17, 15) is 4.39 Å². The van der Waals surface area contributed by atoms with Crippen molar-refractivity contribution >= 4 is 23.3 Å². The van der Waals surface area contributed by atoms with Crippen LogP contribution in [0.1, 0.15) is 39.7 Å². The molecule has 0 saturated carbocycles. The van der Waals surface area contributed by atoms with E-state index < -0.39 is 0 Å². The zero-order chi connectivity index (χ0) is 13.3. The van der Waals surface area contributed by atoms with Crippen LogP contribution in [0.2, 0.25) is 0 Å². The molecule has 1 heterocycles. The Kier molecular flexibility index (Phi) is 3.85. The number of H-pyrrole nitrogens is 1. The maximum absolute atomic E-state index is 13.4. The first-order chi connectivity index (χ1) is 8.52. The van der Waals surface area contributed by atoms with E-state index in [-0.39, 0.29) is 11.9 Å². The molecule has 0 fully saturated rings. The van der Waals surface area contributed by atoms with Gasteiger partial charge in [0.1, 0.15) is 5.82 Å². The molecule has 2 nitrogen and oxygen atoms in total. The Hall–Kier alpha value is -1.16. The van der Waals surface area contributed by atoms with E-state index in [0.29, 0.717) is 10.7 Å². The molecule has 98 valence electrons. The van der Waals surface area contributed by atoms with E-state index in [2.05, 4.69) is 25.8 Å². The van der Waals surface area contributed by atoms with Crippen molar-refractivity contribution in [1.29, 1.82) is 0 Å². The Balaban J connectivity index is 2.46. The number of halogens is 1. The van der Waals surface area contributed by atoms with Crippen LogP contribution >= 0.6 is 12.2 Å². The zero-order valence-electron chi connectivity index (χ0n) is 11.0. The van der Waals surface area contributed by atoms with E-state index >= 15 is 0 Å². The molecule has 1 N–H and O–H groups in total. The quantitative estimate of drug-likeness (QED) is 0.786. The van der Waals surface area contributed by atoms with Crippen molar-refractivity contribution in [2.24, 2.45) is 5.92 Å². The van der Waals surface area contributed by atoms with Gasteiger partial charge in [-0.15, -0.1) is 0 Å².